The Kier molecular flexibility index (Phi) is 8.00. The fourth-order valence-corrected chi connectivity index (χ4v) is 4.14. The molecule has 3 rings (SSSR count). The lowest BCUT2D eigenvalue weighted by Gasteiger charge is -2.22. The number of nitrogens with one attached hydrogen (secondary N) is 2. The number of thioether (sulfide) groups is 1. The minimum Gasteiger partial charge on any atom is -0.486 e. The zero-order valence-electron chi connectivity index (χ0n) is 18.9. The molecule has 1 aliphatic carbocycles. The Balaban J connectivity index is 1.44. The van der Waals surface area contributed by atoms with E-state index in [1.54, 1.807) is 0 Å². The molecule has 0 atom stereocenters. The maximum absolute atomic E-state index is 12.1. The van der Waals surface area contributed by atoms with Crippen molar-refractivity contribution in [1.82, 2.24) is 25.5 Å². The monoisotopic (exact) mass is 460 g/mol. The Labute approximate surface area is 192 Å². The average Bonchev–Trinajstić information content (AvgIpc) is 3.10. The van der Waals surface area contributed by atoms with Crippen molar-refractivity contribution in [3.05, 3.63) is 35.7 Å². The van der Waals surface area contributed by atoms with E-state index < -0.39 is 11.9 Å². The van der Waals surface area contributed by atoms with Crippen LogP contribution in [0.25, 0.3) is 0 Å². The van der Waals surface area contributed by atoms with Gasteiger partial charge in [-0.3, -0.25) is 10.1 Å². The summed E-state index contributed by atoms with van der Waals surface area (Å²) in [5.74, 6) is 6.77. The molecule has 3 amide bonds. The number of hydrogen-bond donors (Lipinski definition) is 3. The molecule has 1 aromatic carbocycles. The largest absolute Gasteiger partial charge is 0.486 e. The second-order valence-electron chi connectivity index (χ2n) is 8.98. The number of benzene rings is 1. The van der Waals surface area contributed by atoms with Crippen molar-refractivity contribution in [2.75, 3.05) is 11.6 Å². The smallest absolute Gasteiger partial charge is 0.321 e. The van der Waals surface area contributed by atoms with Crippen LogP contribution in [0.1, 0.15) is 64.3 Å². The standard InChI is InChI=1S/C22H32N6O3S/c1-22(2,3)15-9-11-17(12-10-15)31-13-18-26-27-21(28(18)23)32-14-19(29)25-20(30)24-16-7-5-4-6-8-16/h9-12,16H,4-8,13-14,23H2,1-3H3,(H2,24,25,29,30). The number of amides is 3. The van der Waals surface area contributed by atoms with Gasteiger partial charge in [0.2, 0.25) is 11.1 Å². The first-order chi connectivity index (χ1) is 15.2. The molecule has 0 bridgehead atoms. The summed E-state index contributed by atoms with van der Waals surface area (Å²) in [4.78, 5) is 24.1. The molecule has 32 heavy (non-hydrogen) atoms. The van der Waals surface area contributed by atoms with Crippen molar-refractivity contribution in [3.8, 4) is 5.75 Å². The van der Waals surface area contributed by atoms with E-state index in [-0.39, 0.29) is 23.8 Å². The molecule has 1 saturated carbocycles. The number of carbonyl (C=O) groups excluding carboxylic acids is 2. The van der Waals surface area contributed by atoms with E-state index in [4.69, 9.17) is 10.6 Å². The number of nitrogen functional groups attached to an aromatic ring is 1. The summed E-state index contributed by atoms with van der Waals surface area (Å²) in [6.45, 7) is 6.61. The summed E-state index contributed by atoms with van der Waals surface area (Å²) in [5.41, 5.74) is 1.29. The third-order valence-electron chi connectivity index (χ3n) is 5.35. The molecule has 4 N–H and O–H groups in total. The van der Waals surface area contributed by atoms with Gasteiger partial charge in [0.15, 0.2) is 5.82 Å². The van der Waals surface area contributed by atoms with Gasteiger partial charge in [-0.05, 0) is 36.0 Å². The molecular formula is C22H32N6O3S. The van der Waals surface area contributed by atoms with E-state index in [9.17, 15) is 9.59 Å². The van der Waals surface area contributed by atoms with Crippen LogP contribution in [0.2, 0.25) is 0 Å². The molecule has 10 heteroatoms. The lowest BCUT2D eigenvalue weighted by Crippen LogP contribution is -2.45. The SMILES string of the molecule is CC(C)(C)c1ccc(OCc2nnc(SCC(=O)NC(=O)NC3CCCCC3)n2N)cc1. The topological polar surface area (TPSA) is 124 Å². The minimum atomic E-state index is -0.455. The predicted molar refractivity (Wildman–Crippen MR) is 124 cm³/mol. The van der Waals surface area contributed by atoms with Crippen LogP contribution in [0.4, 0.5) is 4.79 Å². The van der Waals surface area contributed by atoms with E-state index >= 15 is 0 Å². The van der Waals surface area contributed by atoms with Crippen molar-refractivity contribution in [2.24, 2.45) is 0 Å². The van der Waals surface area contributed by atoms with Crippen LogP contribution in [0.15, 0.2) is 29.4 Å². The van der Waals surface area contributed by atoms with Gasteiger partial charge >= 0.3 is 6.03 Å². The molecule has 0 saturated heterocycles. The molecule has 1 aromatic heterocycles. The van der Waals surface area contributed by atoms with Crippen molar-refractivity contribution in [1.29, 1.82) is 0 Å². The third kappa shape index (κ3) is 6.88. The summed E-state index contributed by atoms with van der Waals surface area (Å²) < 4.78 is 7.05. The van der Waals surface area contributed by atoms with Gasteiger partial charge in [0.05, 0.1) is 5.75 Å². The number of urea groups is 1. The first-order valence-corrected chi connectivity index (χ1v) is 11.9. The second-order valence-corrected chi connectivity index (χ2v) is 9.92. The number of hydrogen-bond acceptors (Lipinski definition) is 7. The summed E-state index contributed by atoms with van der Waals surface area (Å²) >= 11 is 1.11. The number of rotatable bonds is 7. The maximum Gasteiger partial charge on any atom is 0.321 e. The van der Waals surface area contributed by atoms with Gasteiger partial charge in [0.1, 0.15) is 12.4 Å². The molecule has 2 aromatic rings. The molecule has 0 radical (unpaired) electrons. The summed E-state index contributed by atoms with van der Waals surface area (Å²) in [6, 6.07) is 7.58. The van der Waals surface area contributed by atoms with Crippen molar-refractivity contribution >= 4 is 23.7 Å². The van der Waals surface area contributed by atoms with Gasteiger partial charge in [0, 0.05) is 6.04 Å². The van der Waals surface area contributed by atoms with Crippen LogP contribution in [-0.2, 0) is 16.8 Å². The second kappa shape index (κ2) is 10.7. The molecule has 0 spiro atoms. The Bertz CT molecular complexity index is 917. The first kappa shape index (κ1) is 23.9. The molecule has 1 heterocycles. The van der Waals surface area contributed by atoms with Crippen molar-refractivity contribution in [2.45, 2.75) is 76.1 Å². The highest BCUT2D eigenvalue weighted by molar-refractivity contribution is 7.99. The Hall–Kier alpha value is -2.75. The normalized spacial score (nSPS) is 14.7. The number of aromatic nitrogens is 3. The minimum absolute atomic E-state index is 0.00252. The first-order valence-electron chi connectivity index (χ1n) is 10.9. The van der Waals surface area contributed by atoms with Gasteiger partial charge in [-0.1, -0.05) is 63.9 Å². The van der Waals surface area contributed by atoms with E-state index in [1.807, 2.05) is 24.3 Å². The van der Waals surface area contributed by atoms with Crippen LogP contribution in [-0.4, -0.2) is 38.6 Å². The van der Waals surface area contributed by atoms with Crippen molar-refractivity contribution < 1.29 is 14.3 Å². The van der Waals surface area contributed by atoms with E-state index in [2.05, 4.69) is 41.6 Å². The number of imide groups is 1. The number of nitrogens with zero attached hydrogens (tertiary/aromatic N) is 3. The lowest BCUT2D eigenvalue weighted by atomic mass is 9.87. The van der Waals surface area contributed by atoms with Gasteiger partial charge in [-0.15, -0.1) is 10.2 Å². The van der Waals surface area contributed by atoms with Crippen LogP contribution in [0.3, 0.4) is 0 Å². The Morgan fingerprint density at radius 1 is 1.16 bits per heavy atom. The van der Waals surface area contributed by atoms with Crippen LogP contribution in [0, 0.1) is 0 Å². The average molecular weight is 461 g/mol. The highest BCUT2D eigenvalue weighted by atomic mass is 32.2. The number of ether oxygens (including phenoxy) is 1. The fourth-order valence-electron chi connectivity index (χ4n) is 3.46. The van der Waals surface area contributed by atoms with Gasteiger partial charge in [-0.2, -0.15) is 0 Å². The molecule has 0 unspecified atom stereocenters. The van der Waals surface area contributed by atoms with Crippen LogP contribution >= 0.6 is 11.8 Å². The van der Waals surface area contributed by atoms with Crippen molar-refractivity contribution in [3.63, 3.8) is 0 Å². The third-order valence-corrected chi connectivity index (χ3v) is 6.29. The molecule has 1 fully saturated rings. The van der Waals surface area contributed by atoms with Gasteiger partial charge in [-0.25, -0.2) is 9.47 Å². The quantitative estimate of drug-likeness (QED) is 0.428. The summed E-state index contributed by atoms with van der Waals surface area (Å²) in [5, 5.41) is 13.6. The maximum atomic E-state index is 12.1. The van der Waals surface area contributed by atoms with E-state index in [1.165, 1.54) is 16.7 Å². The number of carbonyl (C=O) groups is 2. The molecule has 9 nitrogen and oxygen atoms in total. The highest BCUT2D eigenvalue weighted by Crippen LogP contribution is 2.24. The Morgan fingerprint density at radius 3 is 2.50 bits per heavy atom. The lowest BCUT2D eigenvalue weighted by molar-refractivity contribution is -0.117. The Morgan fingerprint density at radius 2 is 1.84 bits per heavy atom. The van der Waals surface area contributed by atoms with E-state index in [0.29, 0.717) is 16.7 Å². The molecule has 1 aliphatic rings. The van der Waals surface area contributed by atoms with E-state index in [0.717, 1.165) is 37.4 Å². The zero-order valence-corrected chi connectivity index (χ0v) is 19.7. The summed E-state index contributed by atoms with van der Waals surface area (Å²) in [6.07, 6.45) is 5.33. The van der Waals surface area contributed by atoms with Gasteiger partial charge in [0.25, 0.3) is 0 Å². The number of nitrogens with two attached hydrogens (primary N) is 1. The summed E-state index contributed by atoms with van der Waals surface area (Å²) in [7, 11) is 0. The molecule has 174 valence electrons. The molecular weight excluding hydrogens is 428 g/mol. The van der Waals surface area contributed by atoms with Gasteiger partial charge < -0.3 is 15.9 Å². The van der Waals surface area contributed by atoms with Crippen LogP contribution < -0.4 is 21.2 Å². The fraction of sp³-hybridized carbons (Fsp3) is 0.545. The molecule has 0 aliphatic heterocycles. The van der Waals surface area contributed by atoms with Crippen LogP contribution in [0.5, 0.6) is 5.75 Å². The highest BCUT2D eigenvalue weighted by Gasteiger charge is 2.18. The zero-order chi connectivity index (χ0) is 23.1. The predicted octanol–water partition coefficient (Wildman–Crippen LogP) is 3.12.